The number of hydrogen-bond donors (Lipinski definition) is 2. The molecule has 8 heteroatoms. The molecule has 3 aromatic rings. The normalized spacial score (nSPS) is 11.2. The Morgan fingerprint density at radius 1 is 0.955 bits per heavy atom. The molecule has 0 bridgehead atoms. The molecule has 0 amide bonds. The lowest BCUT2D eigenvalue weighted by molar-refractivity contribution is 0.397. The van der Waals surface area contributed by atoms with Crippen molar-refractivity contribution in [3.8, 4) is 11.5 Å². The summed E-state index contributed by atoms with van der Waals surface area (Å²) in [6.07, 6.45) is 0. The Kier molecular flexibility index (Phi) is 3.57. The number of anilines is 1. The van der Waals surface area contributed by atoms with Crippen LogP contribution in [0.1, 0.15) is 0 Å². The first kappa shape index (κ1) is 13.8. The quantitative estimate of drug-likeness (QED) is 0.568. The molecule has 0 saturated heterocycles. The largest absolute Gasteiger partial charge is 0.494 e. The van der Waals surface area contributed by atoms with Crippen molar-refractivity contribution < 1.29 is 9.47 Å². The van der Waals surface area contributed by atoms with E-state index in [1.165, 1.54) is 14.2 Å². The molecule has 1 aromatic heterocycles. The molecule has 8 nitrogen and oxygen atoms in total. The average molecular weight is 298 g/mol. The number of fused-ring (bicyclic) bond motifs is 1. The Balaban J connectivity index is 2.00. The first-order chi connectivity index (χ1) is 10.7. The van der Waals surface area contributed by atoms with Gasteiger partial charge in [0.15, 0.2) is 17.2 Å². The van der Waals surface area contributed by atoms with Crippen LogP contribution in [0.2, 0.25) is 0 Å². The van der Waals surface area contributed by atoms with E-state index in [2.05, 4.69) is 25.6 Å². The summed E-state index contributed by atoms with van der Waals surface area (Å²) in [7, 11) is 3.07. The molecule has 2 aromatic carbocycles. The highest BCUT2D eigenvalue weighted by molar-refractivity contribution is 5.77. The fourth-order valence-corrected chi connectivity index (χ4v) is 2.01. The van der Waals surface area contributed by atoms with Gasteiger partial charge in [0, 0.05) is 17.8 Å². The van der Waals surface area contributed by atoms with E-state index in [4.69, 9.17) is 15.2 Å². The lowest BCUT2D eigenvalue weighted by Gasteiger charge is -2.09. The van der Waals surface area contributed by atoms with Crippen LogP contribution < -0.4 is 15.2 Å². The van der Waals surface area contributed by atoms with Crippen LogP contribution in [-0.4, -0.2) is 29.6 Å². The predicted molar refractivity (Wildman–Crippen MR) is 82.0 cm³/mol. The summed E-state index contributed by atoms with van der Waals surface area (Å²) in [4.78, 5) is 0. The van der Waals surface area contributed by atoms with Crippen LogP contribution in [0.3, 0.4) is 0 Å². The van der Waals surface area contributed by atoms with Crippen molar-refractivity contribution >= 4 is 28.1 Å². The summed E-state index contributed by atoms with van der Waals surface area (Å²) in [5, 5.41) is 19.0. The Morgan fingerprint density at radius 2 is 1.64 bits per heavy atom. The molecule has 0 atom stereocenters. The minimum atomic E-state index is 0.472. The van der Waals surface area contributed by atoms with Gasteiger partial charge in [-0.25, -0.2) is 0 Å². The van der Waals surface area contributed by atoms with E-state index in [0.29, 0.717) is 34.1 Å². The fourth-order valence-electron chi connectivity index (χ4n) is 2.01. The lowest BCUT2D eigenvalue weighted by Crippen LogP contribution is -1.92. The molecule has 0 unspecified atom stereocenters. The highest BCUT2D eigenvalue weighted by Gasteiger charge is 2.11. The number of azo groups is 1. The molecule has 1 heterocycles. The molecule has 112 valence electrons. The molecular weight excluding hydrogens is 284 g/mol. The van der Waals surface area contributed by atoms with Gasteiger partial charge in [-0.05, 0) is 18.2 Å². The Labute approximate surface area is 125 Å². The van der Waals surface area contributed by atoms with Gasteiger partial charge >= 0.3 is 0 Å². The van der Waals surface area contributed by atoms with Crippen LogP contribution >= 0.6 is 0 Å². The second-order valence-corrected chi connectivity index (χ2v) is 4.47. The number of benzene rings is 2. The maximum atomic E-state index is 5.79. The van der Waals surface area contributed by atoms with E-state index in [0.717, 1.165) is 5.52 Å². The fraction of sp³-hybridized carbons (Fsp3) is 0.143. The molecule has 3 rings (SSSR count). The van der Waals surface area contributed by atoms with Crippen molar-refractivity contribution in [1.82, 2.24) is 15.4 Å². The molecule has 3 N–H and O–H groups in total. The van der Waals surface area contributed by atoms with Gasteiger partial charge in [0.25, 0.3) is 0 Å². The molecule has 0 aliphatic carbocycles. The zero-order chi connectivity index (χ0) is 15.5. The number of H-pyrrole nitrogens is 1. The first-order valence-electron chi connectivity index (χ1n) is 6.45. The van der Waals surface area contributed by atoms with E-state index < -0.39 is 0 Å². The summed E-state index contributed by atoms with van der Waals surface area (Å²) < 4.78 is 10.5. The second-order valence-electron chi connectivity index (χ2n) is 4.47. The predicted octanol–water partition coefficient (Wildman–Crippen LogP) is 2.97. The zero-order valence-corrected chi connectivity index (χ0v) is 12.1. The van der Waals surface area contributed by atoms with E-state index in [-0.39, 0.29) is 0 Å². The zero-order valence-electron chi connectivity index (χ0n) is 12.1. The third kappa shape index (κ3) is 2.53. The highest BCUT2D eigenvalue weighted by atomic mass is 16.5. The van der Waals surface area contributed by atoms with E-state index in [1.807, 2.05) is 6.07 Å². The van der Waals surface area contributed by atoms with Crippen LogP contribution in [0.25, 0.3) is 11.0 Å². The molecule has 0 aliphatic heterocycles. The van der Waals surface area contributed by atoms with Crippen molar-refractivity contribution in [2.24, 2.45) is 10.2 Å². The van der Waals surface area contributed by atoms with Gasteiger partial charge in [0.2, 0.25) is 0 Å². The minimum absolute atomic E-state index is 0.472. The number of nitrogens with one attached hydrogen (secondary N) is 1. The SMILES string of the molecule is COc1cc(N)cc(OC)c1N=Nc1ccc2n[nH]nc2c1. The summed E-state index contributed by atoms with van der Waals surface area (Å²) >= 11 is 0. The standard InChI is InChI=1S/C14H14N6O2/c1-21-12-5-8(15)6-13(22-2)14(12)19-16-9-3-4-10-11(7-9)18-20-17-10/h3-7H,15H2,1-2H3,(H,17,18,20). The molecular formula is C14H14N6O2. The van der Waals surface area contributed by atoms with E-state index in [9.17, 15) is 0 Å². The maximum Gasteiger partial charge on any atom is 0.170 e. The van der Waals surface area contributed by atoms with Crippen molar-refractivity contribution in [3.63, 3.8) is 0 Å². The average Bonchev–Trinajstić information content (AvgIpc) is 3.00. The summed E-state index contributed by atoms with van der Waals surface area (Å²) in [6, 6.07) is 8.71. The number of nitrogens with two attached hydrogens (primary N) is 1. The Bertz CT molecular complexity index is 817. The van der Waals surface area contributed by atoms with Gasteiger partial charge in [-0.3, -0.25) is 0 Å². The van der Waals surface area contributed by atoms with Crippen LogP contribution in [0.15, 0.2) is 40.6 Å². The van der Waals surface area contributed by atoms with Gasteiger partial charge in [-0.1, -0.05) is 0 Å². The van der Waals surface area contributed by atoms with Gasteiger partial charge in [-0.15, -0.1) is 5.11 Å². The number of aromatic nitrogens is 3. The summed E-state index contributed by atoms with van der Waals surface area (Å²) in [5.74, 6) is 0.978. The lowest BCUT2D eigenvalue weighted by atomic mass is 10.2. The van der Waals surface area contributed by atoms with Crippen molar-refractivity contribution in [1.29, 1.82) is 0 Å². The topological polar surface area (TPSA) is 111 Å². The molecule has 0 fully saturated rings. The monoisotopic (exact) mass is 298 g/mol. The molecule has 0 aliphatic rings. The minimum Gasteiger partial charge on any atom is -0.494 e. The number of methoxy groups -OCH3 is 2. The Morgan fingerprint density at radius 3 is 2.32 bits per heavy atom. The van der Waals surface area contributed by atoms with E-state index in [1.54, 1.807) is 24.3 Å². The van der Waals surface area contributed by atoms with Crippen LogP contribution in [-0.2, 0) is 0 Å². The second kappa shape index (κ2) is 5.68. The van der Waals surface area contributed by atoms with Gasteiger partial charge in [0.05, 0.1) is 19.9 Å². The summed E-state index contributed by atoms with van der Waals surface area (Å²) in [6.45, 7) is 0. The number of nitrogen functional groups attached to an aromatic ring is 1. The Hall–Kier alpha value is -3.16. The smallest absolute Gasteiger partial charge is 0.170 e. The van der Waals surface area contributed by atoms with Gasteiger partial charge in [0.1, 0.15) is 11.0 Å². The molecule has 0 spiro atoms. The molecule has 0 saturated carbocycles. The number of hydrogen-bond acceptors (Lipinski definition) is 7. The third-order valence-corrected chi connectivity index (χ3v) is 3.07. The number of aromatic amines is 1. The maximum absolute atomic E-state index is 5.79. The number of rotatable bonds is 4. The number of ether oxygens (including phenoxy) is 2. The van der Waals surface area contributed by atoms with Gasteiger partial charge < -0.3 is 15.2 Å². The van der Waals surface area contributed by atoms with Crippen molar-refractivity contribution in [2.75, 3.05) is 20.0 Å². The van der Waals surface area contributed by atoms with E-state index >= 15 is 0 Å². The van der Waals surface area contributed by atoms with Crippen LogP contribution in [0, 0.1) is 0 Å². The third-order valence-electron chi connectivity index (χ3n) is 3.07. The van der Waals surface area contributed by atoms with Gasteiger partial charge in [-0.2, -0.15) is 20.5 Å². The summed E-state index contributed by atoms with van der Waals surface area (Å²) in [5.41, 5.74) is 8.90. The van der Waals surface area contributed by atoms with Crippen molar-refractivity contribution in [2.45, 2.75) is 0 Å². The number of nitrogens with zero attached hydrogens (tertiary/aromatic N) is 4. The highest BCUT2D eigenvalue weighted by Crippen LogP contribution is 2.40. The molecule has 22 heavy (non-hydrogen) atoms. The van der Waals surface area contributed by atoms with Crippen LogP contribution in [0.5, 0.6) is 11.5 Å². The molecule has 0 radical (unpaired) electrons. The first-order valence-corrected chi connectivity index (χ1v) is 6.45. The van der Waals surface area contributed by atoms with Crippen molar-refractivity contribution in [3.05, 3.63) is 30.3 Å². The van der Waals surface area contributed by atoms with Crippen LogP contribution in [0.4, 0.5) is 17.1 Å².